The van der Waals surface area contributed by atoms with Crippen LogP contribution in [0.3, 0.4) is 0 Å². The van der Waals surface area contributed by atoms with Gasteiger partial charge in [0.05, 0.1) is 5.69 Å². The number of nitrogens with zero attached hydrogens (tertiary/aromatic N) is 3. The van der Waals surface area contributed by atoms with Crippen molar-refractivity contribution in [1.82, 2.24) is 14.9 Å². The SMILES string of the molecule is CCN1CCc2nc(NCc3ccccc3)ncc2C1. The quantitative estimate of drug-likeness (QED) is 0.925. The normalized spacial score (nSPS) is 14.8. The lowest BCUT2D eigenvalue weighted by atomic mass is 10.1. The van der Waals surface area contributed by atoms with Crippen LogP contribution in [-0.4, -0.2) is 28.0 Å². The van der Waals surface area contributed by atoms with Gasteiger partial charge < -0.3 is 5.32 Å². The monoisotopic (exact) mass is 268 g/mol. The van der Waals surface area contributed by atoms with Crippen molar-refractivity contribution in [2.75, 3.05) is 18.4 Å². The van der Waals surface area contributed by atoms with Gasteiger partial charge in [-0.3, -0.25) is 4.90 Å². The lowest BCUT2D eigenvalue weighted by Gasteiger charge is -2.26. The minimum absolute atomic E-state index is 0.734. The summed E-state index contributed by atoms with van der Waals surface area (Å²) in [6, 6.07) is 10.3. The Kier molecular flexibility index (Phi) is 3.92. The van der Waals surface area contributed by atoms with Crippen molar-refractivity contribution in [3.63, 3.8) is 0 Å². The van der Waals surface area contributed by atoms with E-state index in [1.54, 1.807) is 0 Å². The highest BCUT2D eigenvalue weighted by molar-refractivity contribution is 5.32. The molecule has 4 nitrogen and oxygen atoms in total. The van der Waals surface area contributed by atoms with Crippen molar-refractivity contribution in [3.8, 4) is 0 Å². The second-order valence-corrected chi connectivity index (χ2v) is 5.12. The predicted octanol–water partition coefficient (Wildman–Crippen LogP) is 2.47. The molecule has 1 aromatic heterocycles. The average Bonchev–Trinajstić information content (AvgIpc) is 2.53. The summed E-state index contributed by atoms with van der Waals surface area (Å²) >= 11 is 0. The van der Waals surface area contributed by atoms with Crippen LogP contribution in [0.5, 0.6) is 0 Å². The molecule has 2 aromatic rings. The molecule has 0 saturated heterocycles. The number of aromatic nitrogens is 2. The fourth-order valence-electron chi connectivity index (χ4n) is 2.51. The predicted molar refractivity (Wildman–Crippen MR) is 80.5 cm³/mol. The zero-order valence-corrected chi connectivity index (χ0v) is 11.8. The Bertz CT molecular complexity index is 568. The van der Waals surface area contributed by atoms with Gasteiger partial charge >= 0.3 is 0 Å². The van der Waals surface area contributed by atoms with E-state index in [0.717, 1.165) is 38.5 Å². The van der Waals surface area contributed by atoms with Crippen molar-refractivity contribution in [2.24, 2.45) is 0 Å². The maximum Gasteiger partial charge on any atom is 0.223 e. The van der Waals surface area contributed by atoms with Crippen molar-refractivity contribution in [3.05, 3.63) is 53.3 Å². The number of likely N-dealkylation sites (N-methyl/N-ethyl adjacent to an activating group) is 1. The largest absolute Gasteiger partial charge is 0.350 e. The fourth-order valence-corrected chi connectivity index (χ4v) is 2.51. The minimum atomic E-state index is 0.734. The molecule has 1 aliphatic rings. The second kappa shape index (κ2) is 6.01. The number of anilines is 1. The minimum Gasteiger partial charge on any atom is -0.350 e. The van der Waals surface area contributed by atoms with Gasteiger partial charge in [0.1, 0.15) is 0 Å². The summed E-state index contributed by atoms with van der Waals surface area (Å²) < 4.78 is 0. The van der Waals surface area contributed by atoms with E-state index in [0.29, 0.717) is 0 Å². The standard InChI is InChI=1S/C16H20N4/c1-2-20-9-8-15-14(12-20)11-18-16(19-15)17-10-13-6-4-3-5-7-13/h3-7,11H,2,8-10,12H2,1H3,(H,17,18,19). The van der Waals surface area contributed by atoms with Crippen LogP contribution < -0.4 is 5.32 Å². The van der Waals surface area contributed by atoms with E-state index < -0.39 is 0 Å². The number of rotatable bonds is 4. The van der Waals surface area contributed by atoms with Gasteiger partial charge in [-0.05, 0) is 12.1 Å². The highest BCUT2D eigenvalue weighted by Gasteiger charge is 2.16. The number of benzene rings is 1. The highest BCUT2D eigenvalue weighted by Crippen LogP contribution is 2.17. The molecular formula is C16H20N4. The first-order chi connectivity index (χ1) is 9.85. The van der Waals surface area contributed by atoms with Crippen LogP contribution in [0.25, 0.3) is 0 Å². The van der Waals surface area contributed by atoms with E-state index in [-0.39, 0.29) is 0 Å². The first-order valence-corrected chi connectivity index (χ1v) is 7.20. The zero-order valence-electron chi connectivity index (χ0n) is 11.8. The highest BCUT2D eigenvalue weighted by atomic mass is 15.1. The van der Waals surface area contributed by atoms with Gasteiger partial charge in [-0.15, -0.1) is 0 Å². The Morgan fingerprint density at radius 2 is 2.10 bits per heavy atom. The van der Waals surface area contributed by atoms with Crippen molar-refractivity contribution >= 4 is 5.95 Å². The molecule has 0 atom stereocenters. The van der Waals surface area contributed by atoms with Crippen LogP contribution >= 0.6 is 0 Å². The molecule has 1 aromatic carbocycles. The van der Waals surface area contributed by atoms with E-state index in [9.17, 15) is 0 Å². The summed E-state index contributed by atoms with van der Waals surface area (Å²) in [4.78, 5) is 11.5. The van der Waals surface area contributed by atoms with Crippen LogP contribution in [-0.2, 0) is 19.5 Å². The molecule has 0 saturated carbocycles. The van der Waals surface area contributed by atoms with Crippen LogP contribution in [0, 0.1) is 0 Å². The lowest BCUT2D eigenvalue weighted by Crippen LogP contribution is -2.31. The van der Waals surface area contributed by atoms with Crippen molar-refractivity contribution in [2.45, 2.75) is 26.4 Å². The van der Waals surface area contributed by atoms with Gasteiger partial charge in [0.25, 0.3) is 0 Å². The van der Waals surface area contributed by atoms with Crippen LogP contribution in [0.1, 0.15) is 23.7 Å². The fraction of sp³-hybridized carbons (Fsp3) is 0.375. The van der Waals surface area contributed by atoms with Gasteiger partial charge in [0, 0.05) is 37.8 Å². The third-order valence-electron chi connectivity index (χ3n) is 3.75. The molecular weight excluding hydrogens is 248 g/mol. The Morgan fingerprint density at radius 3 is 2.90 bits per heavy atom. The summed E-state index contributed by atoms with van der Waals surface area (Å²) in [5.74, 6) is 0.734. The van der Waals surface area contributed by atoms with Gasteiger partial charge in [-0.25, -0.2) is 9.97 Å². The Labute approximate surface area is 119 Å². The summed E-state index contributed by atoms with van der Waals surface area (Å²) in [5, 5.41) is 3.30. The molecule has 0 spiro atoms. The maximum atomic E-state index is 4.65. The summed E-state index contributed by atoms with van der Waals surface area (Å²) in [7, 11) is 0. The molecule has 1 N–H and O–H groups in total. The number of hydrogen-bond acceptors (Lipinski definition) is 4. The van der Waals surface area contributed by atoms with E-state index in [4.69, 9.17) is 0 Å². The number of fused-ring (bicyclic) bond motifs is 1. The van der Waals surface area contributed by atoms with Crippen LogP contribution in [0.4, 0.5) is 5.95 Å². The summed E-state index contributed by atoms with van der Waals surface area (Å²) in [6.45, 7) is 6.12. The molecule has 3 rings (SSSR count). The average molecular weight is 268 g/mol. The topological polar surface area (TPSA) is 41.1 Å². The molecule has 0 radical (unpaired) electrons. The van der Waals surface area contributed by atoms with E-state index in [1.807, 2.05) is 24.4 Å². The Balaban J connectivity index is 1.67. The molecule has 2 heterocycles. The molecule has 0 bridgehead atoms. The van der Waals surface area contributed by atoms with Gasteiger partial charge in [-0.2, -0.15) is 0 Å². The molecule has 0 fully saturated rings. The molecule has 4 heteroatoms. The molecule has 0 amide bonds. The molecule has 20 heavy (non-hydrogen) atoms. The van der Waals surface area contributed by atoms with Gasteiger partial charge in [-0.1, -0.05) is 37.3 Å². The van der Waals surface area contributed by atoms with Gasteiger partial charge in [0.2, 0.25) is 5.95 Å². The lowest BCUT2D eigenvalue weighted by molar-refractivity contribution is 0.265. The van der Waals surface area contributed by atoms with Crippen LogP contribution in [0.15, 0.2) is 36.5 Å². The second-order valence-electron chi connectivity index (χ2n) is 5.12. The number of hydrogen-bond donors (Lipinski definition) is 1. The van der Waals surface area contributed by atoms with E-state index >= 15 is 0 Å². The summed E-state index contributed by atoms with van der Waals surface area (Å²) in [6.07, 6.45) is 2.99. The number of nitrogens with one attached hydrogen (secondary N) is 1. The Hall–Kier alpha value is -1.94. The molecule has 1 aliphatic heterocycles. The van der Waals surface area contributed by atoms with E-state index in [1.165, 1.54) is 16.8 Å². The third-order valence-corrected chi connectivity index (χ3v) is 3.75. The molecule has 104 valence electrons. The van der Waals surface area contributed by atoms with Gasteiger partial charge in [0.15, 0.2) is 0 Å². The van der Waals surface area contributed by atoms with Crippen LogP contribution in [0.2, 0.25) is 0 Å². The Morgan fingerprint density at radius 1 is 1.25 bits per heavy atom. The van der Waals surface area contributed by atoms with E-state index in [2.05, 4.69) is 39.2 Å². The first kappa shape index (κ1) is 13.1. The van der Waals surface area contributed by atoms with Crippen molar-refractivity contribution in [1.29, 1.82) is 0 Å². The smallest absolute Gasteiger partial charge is 0.223 e. The van der Waals surface area contributed by atoms with Crippen molar-refractivity contribution < 1.29 is 0 Å². The first-order valence-electron chi connectivity index (χ1n) is 7.20. The maximum absolute atomic E-state index is 4.65. The zero-order chi connectivity index (χ0) is 13.8. The summed E-state index contributed by atoms with van der Waals surface area (Å²) in [5.41, 5.74) is 3.70. The third kappa shape index (κ3) is 2.96. The molecule has 0 aliphatic carbocycles. The molecule has 0 unspecified atom stereocenters.